The largest absolute Gasteiger partial charge is 0.330 e. The Morgan fingerprint density at radius 1 is 1.38 bits per heavy atom. The van der Waals surface area contributed by atoms with Gasteiger partial charge in [0, 0.05) is 23.8 Å². The van der Waals surface area contributed by atoms with E-state index in [1.807, 2.05) is 25.4 Å². The fourth-order valence-electron chi connectivity index (χ4n) is 1.76. The van der Waals surface area contributed by atoms with Crippen LogP contribution in [-0.2, 0) is 13.0 Å². The molecule has 0 amide bonds. The lowest BCUT2D eigenvalue weighted by molar-refractivity contribution is 0.732. The topological polar surface area (TPSA) is 17.8 Å². The van der Waals surface area contributed by atoms with Gasteiger partial charge in [0.1, 0.15) is 5.82 Å². The number of hydrogen-bond acceptors (Lipinski definition) is 1. The Morgan fingerprint density at radius 2 is 2.19 bits per heavy atom. The maximum Gasteiger partial charge on any atom is 0.108 e. The van der Waals surface area contributed by atoms with E-state index in [9.17, 15) is 0 Å². The minimum absolute atomic E-state index is 0.794. The predicted molar refractivity (Wildman–Crippen MR) is 66.9 cm³/mol. The molecule has 2 aromatic rings. The molecule has 1 heterocycles. The summed E-state index contributed by atoms with van der Waals surface area (Å²) in [7, 11) is 0. The van der Waals surface area contributed by atoms with Gasteiger partial charge in [-0.1, -0.05) is 30.7 Å². The highest BCUT2D eigenvalue weighted by Gasteiger charge is 2.04. The lowest BCUT2D eigenvalue weighted by Crippen LogP contribution is -2.03. The second-order valence-corrected chi connectivity index (χ2v) is 4.33. The maximum absolute atomic E-state index is 6.21. The third kappa shape index (κ3) is 2.27. The number of nitrogens with zero attached hydrogens (tertiary/aromatic N) is 2. The molecular weight excluding hydrogens is 220 g/mol. The van der Waals surface area contributed by atoms with Crippen molar-refractivity contribution in [3.8, 4) is 0 Å². The number of hydrogen-bond donors (Lipinski definition) is 0. The summed E-state index contributed by atoms with van der Waals surface area (Å²) in [5.41, 5.74) is 2.33. The third-order valence-corrected chi connectivity index (χ3v) is 3.02. The molecule has 0 unspecified atom stereocenters. The van der Waals surface area contributed by atoms with Crippen LogP contribution < -0.4 is 0 Å². The molecule has 0 atom stereocenters. The molecule has 0 N–H and O–H groups in total. The summed E-state index contributed by atoms with van der Waals surface area (Å²) < 4.78 is 2.14. The van der Waals surface area contributed by atoms with Crippen LogP contribution in [0.5, 0.6) is 0 Å². The molecule has 84 valence electrons. The Kier molecular flexibility index (Phi) is 3.30. The minimum atomic E-state index is 0.794. The first-order valence-electron chi connectivity index (χ1n) is 5.45. The van der Waals surface area contributed by atoms with Crippen molar-refractivity contribution in [3.63, 3.8) is 0 Å². The normalized spacial score (nSPS) is 10.7. The zero-order chi connectivity index (χ0) is 11.5. The quantitative estimate of drug-likeness (QED) is 0.796. The Bertz CT molecular complexity index is 488. The van der Waals surface area contributed by atoms with Crippen LogP contribution in [-0.4, -0.2) is 9.55 Å². The van der Waals surface area contributed by atoms with E-state index >= 15 is 0 Å². The summed E-state index contributed by atoms with van der Waals surface area (Å²) in [6, 6.07) is 6.17. The van der Waals surface area contributed by atoms with Crippen LogP contribution in [0.3, 0.4) is 0 Å². The van der Waals surface area contributed by atoms with E-state index in [2.05, 4.69) is 28.6 Å². The second-order valence-electron chi connectivity index (χ2n) is 3.92. The average Bonchev–Trinajstić information content (AvgIpc) is 2.69. The van der Waals surface area contributed by atoms with E-state index in [4.69, 9.17) is 11.6 Å². The zero-order valence-corrected chi connectivity index (χ0v) is 10.3. The highest BCUT2D eigenvalue weighted by molar-refractivity contribution is 6.31. The van der Waals surface area contributed by atoms with Crippen LogP contribution >= 0.6 is 11.6 Å². The monoisotopic (exact) mass is 234 g/mol. The molecule has 2 nitrogen and oxygen atoms in total. The van der Waals surface area contributed by atoms with Gasteiger partial charge >= 0.3 is 0 Å². The summed E-state index contributed by atoms with van der Waals surface area (Å²) in [4.78, 5) is 4.30. The molecule has 0 bridgehead atoms. The molecule has 1 aromatic heterocycles. The van der Waals surface area contributed by atoms with Gasteiger partial charge in [0.2, 0.25) is 0 Å². The van der Waals surface area contributed by atoms with Crippen molar-refractivity contribution in [1.82, 2.24) is 9.55 Å². The summed E-state index contributed by atoms with van der Waals surface area (Å²) in [6.45, 7) is 4.95. The molecule has 0 aliphatic carbocycles. The fourth-order valence-corrected chi connectivity index (χ4v) is 2.06. The molecule has 0 radical (unpaired) electrons. The highest BCUT2D eigenvalue weighted by atomic mass is 35.5. The fraction of sp³-hybridized carbons (Fsp3) is 0.308. The van der Waals surface area contributed by atoms with Gasteiger partial charge in [-0.3, -0.25) is 0 Å². The van der Waals surface area contributed by atoms with Gasteiger partial charge in [-0.15, -0.1) is 0 Å². The molecule has 0 fully saturated rings. The zero-order valence-electron chi connectivity index (χ0n) is 9.57. The molecule has 2 rings (SSSR count). The highest BCUT2D eigenvalue weighted by Crippen LogP contribution is 2.19. The maximum atomic E-state index is 6.21. The van der Waals surface area contributed by atoms with E-state index in [-0.39, 0.29) is 0 Å². The molecule has 16 heavy (non-hydrogen) atoms. The molecular formula is C13H15ClN2. The van der Waals surface area contributed by atoms with E-state index in [1.165, 1.54) is 5.56 Å². The summed E-state index contributed by atoms with van der Waals surface area (Å²) in [5.74, 6) is 1.09. The van der Waals surface area contributed by atoms with Crippen LogP contribution in [0.25, 0.3) is 0 Å². The first-order valence-corrected chi connectivity index (χ1v) is 5.83. The molecule has 0 spiro atoms. The van der Waals surface area contributed by atoms with Crippen LogP contribution in [0.2, 0.25) is 5.02 Å². The van der Waals surface area contributed by atoms with E-state index < -0.39 is 0 Å². The standard InChI is InChI=1S/C13H15ClN2/c1-3-13-15-6-7-16(13)9-11-5-4-10(2)8-12(11)14/h4-8H,3,9H2,1-2H3. The molecule has 0 aliphatic heterocycles. The van der Waals surface area contributed by atoms with E-state index in [1.54, 1.807) is 0 Å². The van der Waals surface area contributed by atoms with Crippen LogP contribution in [0.4, 0.5) is 0 Å². The summed E-state index contributed by atoms with van der Waals surface area (Å²) >= 11 is 6.21. The SMILES string of the molecule is CCc1nccn1Cc1ccc(C)cc1Cl. The number of aromatic nitrogens is 2. The Morgan fingerprint density at radius 3 is 2.88 bits per heavy atom. The van der Waals surface area contributed by atoms with Gasteiger partial charge in [-0.25, -0.2) is 4.98 Å². The van der Waals surface area contributed by atoms with Crippen LogP contribution in [0.15, 0.2) is 30.6 Å². The van der Waals surface area contributed by atoms with Crippen LogP contribution in [0.1, 0.15) is 23.9 Å². The first-order chi connectivity index (χ1) is 7.70. The van der Waals surface area contributed by atoms with Gasteiger partial charge in [-0.2, -0.15) is 0 Å². The lowest BCUT2D eigenvalue weighted by atomic mass is 10.1. The van der Waals surface area contributed by atoms with Crippen LogP contribution in [0, 0.1) is 6.92 Å². The Hall–Kier alpha value is -1.28. The number of aryl methyl sites for hydroxylation is 2. The van der Waals surface area contributed by atoms with Gasteiger partial charge in [0.25, 0.3) is 0 Å². The van der Waals surface area contributed by atoms with E-state index in [0.29, 0.717) is 0 Å². The molecule has 0 aliphatic rings. The Labute approximate surface area is 101 Å². The molecule has 0 saturated heterocycles. The van der Waals surface area contributed by atoms with Gasteiger partial charge in [0.05, 0.1) is 6.54 Å². The smallest absolute Gasteiger partial charge is 0.108 e. The predicted octanol–water partition coefficient (Wildman–Crippen LogP) is 3.46. The molecule has 3 heteroatoms. The Balaban J connectivity index is 2.27. The third-order valence-electron chi connectivity index (χ3n) is 2.67. The van der Waals surface area contributed by atoms with Crippen molar-refractivity contribution in [3.05, 3.63) is 52.6 Å². The molecule has 1 aromatic carbocycles. The van der Waals surface area contributed by atoms with Crippen molar-refractivity contribution in [2.45, 2.75) is 26.8 Å². The van der Waals surface area contributed by atoms with Gasteiger partial charge in [0.15, 0.2) is 0 Å². The van der Waals surface area contributed by atoms with Gasteiger partial charge < -0.3 is 4.57 Å². The molecule has 0 saturated carbocycles. The number of imidazole rings is 1. The number of halogens is 1. The number of rotatable bonds is 3. The number of benzene rings is 1. The minimum Gasteiger partial charge on any atom is -0.330 e. The summed E-state index contributed by atoms with van der Waals surface area (Å²) in [5, 5.41) is 0.829. The van der Waals surface area contributed by atoms with Crippen molar-refractivity contribution in [2.24, 2.45) is 0 Å². The average molecular weight is 235 g/mol. The van der Waals surface area contributed by atoms with Crippen molar-refractivity contribution in [1.29, 1.82) is 0 Å². The van der Waals surface area contributed by atoms with Gasteiger partial charge in [-0.05, 0) is 24.1 Å². The van der Waals surface area contributed by atoms with E-state index in [0.717, 1.165) is 29.4 Å². The first kappa shape index (κ1) is 11.2. The second kappa shape index (κ2) is 4.71. The van der Waals surface area contributed by atoms with Crippen molar-refractivity contribution >= 4 is 11.6 Å². The summed E-state index contributed by atoms with van der Waals surface area (Å²) in [6.07, 6.45) is 4.77. The lowest BCUT2D eigenvalue weighted by Gasteiger charge is -2.08. The van der Waals surface area contributed by atoms with Crippen molar-refractivity contribution in [2.75, 3.05) is 0 Å². The van der Waals surface area contributed by atoms with Crippen molar-refractivity contribution < 1.29 is 0 Å².